The van der Waals surface area contributed by atoms with E-state index in [9.17, 15) is 22.8 Å². The third-order valence-electron chi connectivity index (χ3n) is 7.03. The Morgan fingerprint density at radius 2 is 1.62 bits per heavy atom. The van der Waals surface area contributed by atoms with Gasteiger partial charge in [-0.1, -0.05) is 60.7 Å². The number of nitrogens with one attached hydrogen (secondary N) is 2. The van der Waals surface area contributed by atoms with Crippen LogP contribution in [0.3, 0.4) is 0 Å². The number of hydrazone groups is 1. The van der Waals surface area contributed by atoms with Gasteiger partial charge in [0.2, 0.25) is 5.91 Å². The summed E-state index contributed by atoms with van der Waals surface area (Å²) in [6, 6.07) is 21.0. The molecule has 1 unspecified atom stereocenters. The van der Waals surface area contributed by atoms with Gasteiger partial charge in [-0.2, -0.15) is 18.3 Å². The molecule has 5 rings (SSSR count). The lowest BCUT2D eigenvalue weighted by atomic mass is 9.82. The van der Waals surface area contributed by atoms with Crippen LogP contribution in [-0.4, -0.2) is 17.6 Å². The number of allylic oxidation sites excluding steroid dienone is 3. The first-order valence-corrected chi connectivity index (χ1v) is 13.3. The minimum Gasteiger partial charge on any atom is -0.459 e. The number of dihydropyridines is 1. The van der Waals surface area contributed by atoms with Crippen molar-refractivity contribution in [1.29, 1.82) is 0 Å². The van der Waals surface area contributed by atoms with Crippen LogP contribution < -0.4 is 15.5 Å². The van der Waals surface area contributed by atoms with E-state index in [4.69, 9.17) is 9.47 Å². The third-order valence-corrected chi connectivity index (χ3v) is 7.03. The number of nitrogens with zero attached hydrogens (tertiary/aromatic N) is 1. The second kappa shape index (κ2) is 11.9. The third kappa shape index (κ3) is 6.22. The summed E-state index contributed by atoms with van der Waals surface area (Å²) in [5, 5.41) is 7.17. The zero-order chi connectivity index (χ0) is 29.9. The molecule has 0 aliphatic carbocycles. The van der Waals surface area contributed by atoms with Crippen molar-refractivity contribution in [2.75, 3.05) is 0 Å². The second-order valence-electron chi connectivity index (χ2n) is 9.95. The van der Waals surface area contributed by atoms with Crippen molar-refractivity contribution in [3.63, 3.8) is 0 Å². The fourth-order valence-corrected chi connectivity index (χ4v) is 5.00. The first kappa shape index (κ1) is 28.7. The second-order valence-corrected chi connectivity index (χ2v) is 9.95. The van der Waals surface area contributed by atoms with Gasteiger partial charge in [0.15, 0.2) is 0 Å². The van der Waals surface area contributed by atoms with Gasteiger partial charge in [-0.25, -0.2) is 10.2 Å². The number of benzene rings is 3. The zero-order valence-corrected chi connectivity index (χ0v) is 22.9. The molecule has 10 heteroatoms. The molecule has 0 aromatic heterocycles. The van der Waals surface area contributed by atoms with E-state index < -0.39 is 23.6 Å². The van der Waals surface area contributed by atoms with Crippen molar-refractivity contribution < 1.29 is 32.2 Å². The van der Waals surface area contributed by atoms with Crippen LogP contribution in [0.2, 0.25) is 0 Å². The molecule has 0 saturated carbocycles. The topological polar surface area (TPSA) is 89.0 Å². The van der Waals surface area contributed by atoms with E-state index in [0.717, 1.165) is 17.3 Å². The van der Waals surface area contributed by atoms with E-state index in [0.29, 0.717) is 35.5 Å². The Morgan fingerprint density at radius 1 is 0.929 bits per heavy atom. The molecule has 0 radical (unpaired) electrons. The summed E-state index contributed by atoms with van der Waals surface area (Å²) in [6.07, 6.45) is -3.80. The maximum Gasteiger partial charge on any atom is 0.416 e. The van der Waals surface area contributed by atoms with Crippen molar-refractivity contribution in [1.82, 2.24) is 10.7 Å². The standard InChI is InChI=1S/C32H28F3N3O4/c1-19-28(31(40)41-18-21-12-14-22(15-13-21)26-16-17-27(39)38-37-26)29(24-10-6-7-11-25(24)32(33,34)35)30(20(2)36-19)42-23-8-4-3-5-9-23/h3-15,29,36H,16-18H2,1-2H3,(H,38,39). The van der Waals surface area contributed by atoms with Crippen LogP contribution in [0.25, 0.3) is 0 Å². The summed E-state index contributed by atoms with van der Waals surface area (Å²) in [6.45, 7) is 3.21. The molecule has 1 atom stereocenters. The highest BCUT2D eigenvalue weighted by atomic mass is 19.4. The van der Waals surface area contributed by atoms with Gasteiger partial charge >= 0.3 is 12.1 Å². The van der Waals surface area contributed by atoms with Gasteiger partial charge in [0.25, 0.3) is 0 Å². The number of rotatable bonds is 7. The first-order chi connectivity index (χ1) is 20.1. The molecular weight excluding hydrogens is 547 g/mol. The number of amides is 1. The van der Waals surface area contributed by atoms with Crippen molar-refractivity contribution in [3.8, 4) is 5.75 Å². The Balaban J connectivity index is 1.45. The number of para-hydroxylation sites is 1. The Kier molecular flexibility index (Phi) is 8.15. The largest absolute Gasteiger partial charge is 0.459 e. The van der Waals surface area contributed by atoms with Gasteiger partial charge in [0, 0.05) is 18.5 Å². The van der Waals surface area contributed by atoms with E-state index >= 15 is 0 Å². The molecule has 216 valence electrons. The van der Waals surface area contributed by atoms with Gasteiger partial charge in [-0.3, -0.25) is 4.79 Å². The average Bonchev–Trinajstić information content (AvgIpc) is 2.98. The average molecular weight is 576 g/mol. The van der Waals surface area contributed by atoms with Crippen LogP contribution in [0.4, 0.5) is 13.2 Å². The SMILES string of the molecule is CC1=C(Oc2ccccc2)C(c2ccccc2C(F)(F)F)C(C(=O)OCc2ccc(C3=NNC(=O)CC3)cc2)=C(C)N1. The Labute approximate surface area is 240 Å². The summed E-state index contributed by atoms with van der Waals surface area (Å²) in [7, 11) is 0. The van der Waals surface area contributed by atoms with Crippen LogP contribution in [0.15, 0.2) is 107 Å². The maximum absolute atomic E-state index is 14.2. The normalized spacial score (nSPS) is 17.3. The quantitative estimate of drug-likeness (QED) is 0.321. The number of carbonyl (C=O) groups is 2. The maximum atomic E-state index is 14.2. The Morgan fingerprint density at radius 3 is 2.29 bits per heavy atom. The summed E-state index contributed by atoms with van der Waals surface area (Å²) < 4.78 is 54.4. The molecule has 3 aromatic rings. The van der Waals surface area contributed by atoms with Crippen molar-refractivity contribution in [3.05, 3.63) is 124 Å². The predicted molar refractivity (Wildman–Crippen MR) is 150 cm³/mol. The molecule has 2 N–H and O–H groups in total. The van der Waals surface area contributed by atoms with Crippen molar-refractivity contribution in [2.45, 2.75) is 45.4 Å². The van der Waals surface area contributed by atoms with Gasteiger partial charge < -0.3 is 14.8 Å². The number of halogens is 3. The monoisotopic (exact) mass is 575 g/mol. The van der Waals surface area contributed by atoms with Gasteiger partial charge in [0.05, 0.1) is 28.5 Å². The van der Waals surface area contributed by atoms with Gasteiger partial charge in [-0.15, -0.1) is 0 Å². The van der Waals surface area contributed by atoms with E-state index in [-0.39, 0.29) is 29.4 Å². The summed E-state index contributed by atoms with van der Waals surface area (Å²) >= 11 is 0. The fraction of sp³-hybridized carbons (Fsp3) is 0.219. The van der Waals surface area contributed by atoms with Crippen LogP contribution in [0.5, 0.6) is 5.75 Å². The molecule has 2 aliphatic rings. The summed E-state index contributed by atoms with van der Waals surface area (Å²) in [4.78, 5) is 25.0. The summed E-state index contributed by atoms with van der Waals surface area (Å²) in [5.74, 6) is -1.51. The highest BCUT2D eigenvalue weighted by Gasteiger charge is 2.42. The molecule has 0 spiro atoms. The molecule has 42 heavy (non-hydrogen) atoms. The molecule has 2 heterocycles. The lowest BCUT2D eigenvalue weighted by Gasteiger charge is -2.32. The van der Waals surface area contributed by atoms with E-state index in [2.05, 4.69) is 15.8 Å². The van der Waals surface area contributed by atoms with Gasteiger partial charge in [0.1, 0.15) is 18.1 Å². The van der Waals surface area contributed by atoms with E-state index in [1.54, 1.807) is 56.3 Å². The molecule has 0 fully saturated rings. The molecule has 3 aromatic carbocycles. The Bertz CT molecular complexity index is 1590. The smallest absolute Gasteiger partial charge is 0.416 e. The van der Waals surface area contributed by atoms with E-state index in [1.807, 2.05) is 12.1 Å². The zero-order valence-electron chi connectivity index (χ0n) is 22.9. The number of carbonyl (C=O) groups excluding carboxylic acids is 2. The predicted octanol–water partition coefficient (Wildman–Crippen LogP) is 6.33. The molecule has 2 aliphatic heterocycles. The van der Waals surface area contributed by atoms with Crippen LogP contribution in [0, 0.1) is 0 Å². The molecule has 1 amide bonds. The number of hydrogen-bond acceptors (Lipinski definition) is 6. The summed E-state index contributed by atoms with van der Waals surface area (Å²) in [5.41, 5.74) is 4.59. The Hall–Kier alpha value is -4.86. The fourth-order valence-electron chi connectivity index (χ4n) is 5.00. The van der Waals surface area contributed by atoms with Crippen LogP contribution in [0.1, 0.15) is 54.9 Å². The van der Waals surface area contributed by atoms with Gasteiger partial charge in [-0.05, 0) is 48.7 Å². The van der Waals surface area contributed by atoms with Crippen molar-refractivity contribution in [2.24, 2.45) is 5.10 Å². The number of ether oxygens (including phenoxy) is 2. The first-order valence-electron chi connectivity index (χ1n) is 13.3. The highest BCUT2D eigenvalue weighted by Crippen LogP contribution is 2.44. The molecular formula is C32H28F3N3O4. The van der Waals surface area contributed by atoms with E-state index in [1.165, 1.54) is 18.2 Å². The highest BCUT2D eigenvalue weighted by molar-refractivity contribution is 6.04. The minimum absolute atomic E-state index is 0.0205. The van der Waals surface area contributed by atoms with Crippen LogP contribution >= 0.6 is 0 Å². The molecule has 7 nitrogen and oxygen atoms in total. The molecule has 0 saturated heterocycles. The number of alkyl halides is 3. The number of esters is 1. The van der Waals surface area contributed by atoms with Crippen LogP contribution in [-0.2, 0) is 27.1 Å². The lowest BCUT2D eigenvalue weighted by Crippen LogP contribution is -2.32. The molecule has 0 bridgehead atoms. The number of hydrogen-bond donors (Lipinski definition) is 2. The van der Waals surface area contributed by atoms with Crippen molar-refractivity contribution >= 4 is 17.6 Å². The lowest BCUT2D eigenvalue weighted by molar-refractivity contribution is -0.142. The minimum atomic E-state index is -4.66.